The Hall–Kier alpha value is -3.26. The highest BCUT2D eigenvalue weighted by molar-refractivity contribution is 6.30. The summed E-state index contributed by atoms with van der Waals surface area (Å²) in [6.07, 6.45) is 1.45. The van der Waals surface area contributed by atoms with Gasteiger partial charge < -0.3 is 10.2 Å². The van der Waals surface area contributed by atoms with Crippen LogP contribution in [0.5, 0.6) is 0 Å². The van der Waals surface area contributed by atoms with Crippen LogP contribution < -0.4 is 0 Å². The van der Waals surface area contributed by atoms with Crippen LogP contribution in [0.4, 0.5) is 11.5 Å². The van der Waals surface area contributed by atoms with Gasteiger partial charge in [0.1, 0.15) is 11.3 Å². The molecule has 3 aromatic rings. The smallest absolute Gasteiger partial charge is 0.358 e. The molecular formula is C15H9ClN4O4. The summed E-state index contributed by atoms with van der Waals surface area (Å²) < 4.78 is 1.37. The van der Waals surface area contributed by atoms with Crippen LogP contribution in [0, 0.1) is 0 Å². The number of carboxylic acid groups (broad SMARTS) is 2. The van der Waals surface area contributed by atoms with Crippen molar-refractivity contribution in [2.75, 3.05) is 0 Å². The molecule has 8 nitrogen and oxygen atoms in total. The monoisotopic (exact) mass is 344 g/mol. The van der Waals surface area contributed by atoms with E-state index in [9.17, 15) is 14.7 Å². The maximum atomic E-state index is 11.4. The number of hydrogen-bond acceptors (Lipinski definition) is 5. The lowest BCUT2D eigenvalue weighted by Gasteiger charge is -2.00. The van der Waals surface area contributed by atoms with Gasteiger partial charge in [-0.2, -0.15) is 0 Å². The minimum atomic E-state index is -1.28. The molecule has 0 aliphatic heterocycles. The van der Waals surface area contributed by atoms with Crippen molar-refractivity contribution in [2.24, 2.45) is 10.2 Å². The zero-order chi connectivity index (χ0) is 17.3. The summed E-state index contributed by atoms with van der Waals surface area (Å²) >= 11 is 5.92. The summed E-state index contributed by atoms with van der Waals surface area (Å²) in [5.74, 6) is -2.50. The van der Waals surface area contributed by atoms with Crippen molar-refractivity contribution >= 4 is 40.7 Å². The van der Waals surface area contributed by atoms with Gasteiger partial charge >= 0.3 is 11.9 Å². The number of rotatable bonds is 4. The third-order valence-electron chi connectivity index (χ3n) is 3.15. The van der Waals surface area contributed by atoms with E-state index in [0.29, 0.717) is 10.7 Å². The second-order valence-electron chi connectivity index (χ2n) is 4.69. The Balaban J connectivity index is 2.16. The number of hydrogen-bond donors (Lipinski definition) is 2. The van der Waals surface area contributed by atoms with Gasteiger partial charge in [-0.25, -0.2) is 14.6 Å². The van der Waals surface area contributed by atoms with Gasteiger partial charge in [0.15, 0.2) is 11.5 Å². The van der Waals surface area contributed by atoms with Gasteiger partial charge in [0.25, 0.3) is 0 Å². The van der Waals surface area contributed by atoms with Gasteiger partial charge in [-0.1, -0.05) is 23.7 Å². The largest absolute Gasteiger partial charge is 0.478 e. The number of aromatic nitrogens is 2. The Morgan fingerprint density at radius 2 is 1.79 bits per heavy atom. The van der Waals surface area contributed by atoms with Crippen LogP contribution in [0.25, 0.3) is 5.65 Å². The molecule has 0 unspecified atom stereocenters. The number of halogens is 1. The van der Waals surface area contributed by atoms with Crippen LogP contribution in [0.2, 0.25) is 5.02 Å². The number of fused-ring (bicyclic) bond motifs is 1. The van der Waals surface area contributed by atoms with Gasteiger partial charge in [-0.3, -0.25) is 4.40 Å². The first-order chi connectivity index (χ1) is 11.5. The van der Waals surface area contributed by atoms with Gasteiger partial charge in [-0.15, -0.1) is 10.2 Å². The number of carboxylic acids is 2. The third kappa shape index (κ3) is 2.82. The van der Waals surface area contributed by atoms with E-state index in [-0.39, 0.29) is 22.8 Å². The van der Waals surface area contributed by atoms with Gasteiger partial charge in [0.2, 0.25) is 0 Å². The molecule has 0 radical (unpaired) electrons. The van der Waals surface area contributed by atoms with Crippen molar-refractivity contribution in [1.29, 1.82) is 0 Å². The number of pyridine rings is 1. The predicted octanol–water partition coefficient (Wildman–Crippen LogP) is 3.80. The predicted molar refractivity (Wildman–Crippen MR) is 84.7 cm³/mol. The average molecular weight is 345 g/mol. The topological polar surface area (TPSA) is 117 Å². The Bertz CT molecular complexity index is 996. The highest BCUT2D eigenvalue weighted by Gasteiger charge is 2.19. The van der Waals surface area contributed by atoms with Gasteiger partial charge in [0, 0.05) is 6.20 Å². The summed E-state index contributed by atoms with van der Waals surface area (Å²) in [4.78, 5) is 26.5. The van der Waals surface area contributed by atoms with Crippen LogP contribution in [0.3, 0.4) is 0 Å². The first-order valence-electron chi connectivity index (χ1n) is 6.62. The van der Waals surface area contributed by atoms with Crippen LogP contribution in [0.15, 0.2) is 52.8 Å². The molecule has 0 amide bonds. The lowest BCUT2D eigenvalue weighted by atomic mass is 10.2. The molecule has 2 N–H and O–H groups in total. The van der Waals surface area contributed by atoms with E-state index >= 15 is 0 Å². The SMILES string of the molecule is O=C(O)c1ccccc1N=Nc1c(C(=O)O)nc2ccc(Cl)cn12. The van der Waals surface area contributed by atoms with Crippen molar-refractivity contribution in [2.45, 2.75) is 0 Å². The Morgan fingerprint density at radius 3 is 2.50 bits per heavy atom. The molecule has 0 fully saturated rings. The zero-order valence-electron chi connectivity index (χ0n) is 11.9. The van der Waals surface area contributed by atoms with Crippen molar-refractivity contribution in [3.63, 3.8) is 0 Å². The summed E-state index contributed by atoms with van der Waals surface area (Å²) in [6, 6.07) is 9.10. The minimum Gasteiger partial charge on any atom is -0.478 e. The fourth-order valence-corrected chi connectivity index (χ4v) is 2.25. The van der Waals surface area contributed by atoms with Crippen molar-refractivity contribution in [3.8, 4) is 0 Å². The highest BCUT2D eigenvalue weighted by Crippen LogP contribution is 2.27. The second kappa shape index (κ2) is 6.09. The van der Waals surface area contributed by atoms with Gasteiger partial charge in [-0.05, 0) is 24.3 Å². The second-order valence-corrected chi connectivity index (χ2v) is 5.12. The molecule has 0 atom stereocenters. The number of benzene rings is 1. The van der Waals surface area contributed by atoms with E-state index in [4.69, 9.17) is 16.7 Å². The summed E-state index contributed by atoms with van der Waals surface area (Å²) in [5, 5.41) is 26.5. The number of nitrogens with zero attached hydrogens (tertiary/aromatic N) is 4. The van der Waals surface area contributed by atoms with Crippen molar-refractivity contribution in [3.05, 3.63) is 58.9 Å². The minimum absolute atomic E-state index is 0.0509. The normalized spacial score (nSPS) is 11.2. The quantitative estimate of drug-likeness (QED) is 0.698. The Morgan fingerprint density at radius 1 is 1.04 bits per heavy atom. The Kier molecular flexibility index (Phi) is 3.97. The first-order valence-corrected chi connectivity index (χ1v) is 7.00. The lowest BCUT2D eigenvalue weighted by Crippen LogP contribution is -1.97. The van der Waals surface area contributed by atoms with Crippen molar-refractivity contribution in [1.82, 2.24) is 9.38 Å². The van der Waals surface area contributed by atoms with E-state index in [1.807, 2.05) is 0 Å². The molecule has 2 aromatic heterocycles. The van der Waals surface area contributed by atoms with E-state index < -0.39 is 11.9 Å². The first kappa shape index (κ1) is 15.6. The zero-order valence-corrected chi connectivity index (χ0v) is 12.7. The van der Waals surface area contributed by atoms with Crippen LogP contribution in [0.1, 0.15) is 20.8 Å². The molecular weight excluding hydrogens is 336 g/mol. The van der Waals surface area contributed by atoms with E-state index in [1.54, 1.807) is 24.3 Å². The maximum Gasteiger partial charge on any atom is 0.358 e. The Labute approximate surface area is 139 Å². The molecule has 0 aliphatic rings. The summed E-state index contributed by atoms with van der Waals surface area (Å²) in [6.45, 7) is 0. The number of carbonyl (C=O) groups is 2. The highest BCUT2D eigenvalue weighted by atomic mass is 35.5. The number of azo groups is 1. The van der Waals surface area contributed by atoms with Gasteiger partial charge in [0.05, 0.1) is 10.6 Å². The summed E-state index contributed by atoms with van der Waals surface area (Å²) in [5.41, 5.74) is 0.0642. The third-order valence-corrected chi connectivity index (χ3v) is 3.37. The van der Waals surface area contributed by atoms with Crippen LogP contribution in [-0.4, -0.2) is 31.5 Å². The van der Waals surface area contributed by atoms with E-state index in [0.717, 1.165) is 0 Å². The summed E-state index contributed by atoms with van der Waals surface area (Å²) in [7, 11) is 0. The molecule has 0 bridgehead atoms. The lowest BCUT2D eigenvalue weighted by molar-refractivity contribution is 0.0683. The van der Waals surface area contributed by atoms with Crippen LogP contribution in [-0.2, 0) is 0 Å². The molecule has 0 spiro atoms. The van der Waals surface area contributed by atoms with E-state index in [1.165, 1.54) is 22.7 Å². The van der Waals surface area contributed by atoms with Crippen molar-refractivity contribution < 1.29 is 19.8 Å². The molecule has 2 heterocycles. The molecule has 0 saturated heterocycles. The van der Waals surface area contributed by atoms with E-state index in [2.05, 4.69) is 15.2 Å². The van der Waals surface area contributed by atoms with Crippen LogP contribution >= 0.6 is 11.6 Å². The maximum absolute atomic E-state index is 11.4. The standard InChI is InChI=1S/C15H9ClN4O4/c16-8-5-6-11-17-12(15(23)24)13(20(11)7-8)19-18-10-4-2-1-3-9(10)14(21)22/h1-7H,(H,21,22)(H,23,24). The fraction of sp³-hybridized carbons (Fsp3) is 0. The fourth-order valence-electron chi connectivity index (χ4n) is 2.09. The average Bonchev–Trinajstić information content (AvgIpc) is 2.91. The number of aromatic carboxylic acids is 2. The number of imidazole rings is 1. The molecule has 9 heteroatoms. The molecule has 0 aliphatic carbocycles. The molecule has 1 aromatic carbocycles. The molecule has 24 heavy (non-hydrogen) atoms. The molecule has 120 valence electrons. The molecule has 0 saturated carbocycles. The molecule has 3 rings (SSSR count).